The van der Waals surface area contributed by atoms with E-state index in [1.807, 2.05) is 7.11 Å². The Hall–Kier alpha value is -0.120. The van der Waals surface area contributed by atoms with E-state index in [9.17, 15) is 0 Å². The third-order valence-corrected chi connectivity index (χ3v) is 5.67. The second-order valence-electron chi connectivity index (χ2n) is 6.61. The second kappa shape index (κ2) is 5.10. The summed E-state index contributed by atoms with van der Waals surface area (Å²) in [6.45, 7) is 2.86. The number of likely N-dealkylation sites (tertiary alicyclic amines) is 1. The van der Waals surface area contributed by atoms with Gasteiger partial charge in [0.25, 0.3) is 0 Å². The minimum atomic E-state index is 0.158. The zero-order chi connectivity index (χ0) is 12.6. The molecular weight excluding hydrogens is 224 g/mol. The molecule has 0 aromatic heterocycles. The fourth-order valence-electron chi connectivity index (χ4n) is 4.61. The fourth-order valence-corrected chi connectivity index (χ4v) is 4.61. The van der Waals surface area contributed by atoms with E-state index >= 15 is 0 Å². The first-order valence-electron chi connectivity index (χ1n) is 7.77. The SMILES string of the molecule is COCC(CN)(C1CC1)N1CCC2CCCCC21. The third-order valence-electron chi connectivity index (χ3n) is 5.67. The van der Waals surface area contributed by atoms with Crippen LogP contribution in [-0.4, -0.2) is 43.3 Å². The summed E-state index contributed by atoms with van der Waals surface area (Å²) < 4.78 is 5.57. The Morgan fingerprint density at radius 3 is 2.61 bits per heavy atom. The van der Waals surface area contributed by atoms with E-state index in [0.29, 0.717) is 0 Å². The van der Waals surface area contributed by atoms with E-state index < -0.39 is 0 Å². The van der Waals surface area contributed by atoms with Crippen LogP contribution in [0.1, 0.15) is 44.9 Å². The molecule has 3 atom stereocenters. The lowest BCUT2D eigenvalue weighted by molar-refractivity contribution is -0.0200. The molecule has 1 saturated heterocycles. The molecule has 3 aliphatic rings. The van der Waals surface area contributed by atoms with Gasteiger partial charge in [-0.15, -0.1) is 0 Å². The molecule has 3 heteroatoms. The number of hydrogen-bond acceptors (Lipinski definition) is 3. The Kier molecular flexibility index (Phi) is 3.65. The molecule has 3 nitrogen and oxygen atoms in total. The maximum Gasteiger partial charge on any atom is 0.0661 e. The molecule has 0 aromatic rings. The van der Waals surface area contributed by atoms with Gasteiger partial charge in [-0.2, -0.15) is 0 Å². The topological polar surface area (TPSA) is 38.5 Å². The van der Waals surface area contributed by atoms with Crippen molar-refractivity contribution in [2.24, 2.45) is 17.6 Å². The van der Waals surface area contributed by atoms with Crippen molar-refractivity contribution < 1.29 is 4.74 Å². The van der Waals surface area contributed by atoms with Gasteiger partial charge in [-0.1, -0.05) is 12.8 Å². The minimum Gasteiger partial charge on any atom is -0.383 e. The van der Waals surface area contributed by atoms with Gasteiger partial charge in [-0.05, 0) is 50.5 Å². The van der Waals surface area contributed by atoms with Gasteiger partial charge >= 0.3 is 0 Å². The molecule has 3 rings (SSSR count). The van der Waals surface area contributed by atoms with Gasteiger partial charge in [0, 0.05) is 19.7 Å². The highest BCUT2D eigenvalue weighted by Crippen LogP contribution is 2.48. The van der Waals surface area contributed by atoms with E-state index in [4.69, 9.17) is 10.5 Å². The highest BCUT2D eigenvalue weighted by atomic mass is 16.5. The molecule has 18 heavy (non-hydrogen) atoms. The molecule has 2 saturated carbocycles. The van der Waals surface area contributed by atoms with Crippen LogP contribution in [0, 0.1) is 11.8 Å². The molecule has 1 heterocycles. The normalized spacial score (nSPS) is 36.3. The summed E-state index contributed by atoms with van der Waals surface area (Å²) in [4.78, 5) is 2.78. The average molecular weight is 252 g/mol. The lowest BCUT2D eigenvalue weighted by atomic mass is 9.82. The minimum absolute atomic E-state index is 0.158. The van der Waals surface area contributed by atoms with Gasteiger partial charge in [0.15, 0.2) is 0 Å². The van der Waals surface area contributed by atoms with Crippen LogP contribution in [0.2, 0.25) is 0 Å². The highest BCUT2D eigenvalue weighted by Gasteiger charge is 2.53. The van der Waals surface area contributed by atoms with E-state index in [2.05, 4.69) is 4.90 Å². The first-order chi connectivity index (χ1) is 8.81. The van der Waals surface area contributed by atoms with E-state index in [1.165, 1.54) is 51.5 Å². The van der Waals surface area contributed by atoms with E-state index in [1.54, 1.807) is 0 Å². The fraction of sp³-hybridized carbons (Fsp3) is 1.00. The molecule has 3 unspecified atom stereocenters. The van der Waals surface area contributed by atoms with Crippen molar-refractivity contribution in [2.75, 3.05) is 26.8 Å². The standard InChI is InChI=1S/C15H28N2O/c1-18-11-15(10-16,13-6-7-13)17-9-8-12-4-2-3-5-14(12)17/h12-14H,2-11,16H2,1H3. The molecular formula is C15H28N2O. The number of fused-ring (bicyclic) bond motifs is 1. The molecule has 2 N–H and O–H groups in total. The predicted octanol–water partition coefficient (Wildman–Crippen LogP) is 2.00. The summed E-state index contributed by atoms with van der Waals surface area (Å²) >= 11 is 0. The summed E-state index contributed by atoms with van der Waals surface area (Å²) in [7, 11) is 1.83. The summed E-state index contributed by atoms with van der Waals surface area (Å²) in [5.41, 5.74) is 6.37. The van der Waals surface area contributed by atoms with Crippen molar-refractivity contribution in [3.05, 3.63) is 0 Å². The van der Waals surface area contributed by atoms with Crippen LogP contribution in [0.5, 0.6) is 0 Å². The van der Waals surface area contributed by atoms with Crippen molar-refractivity contribution in [2.45, 2.75) is 56.5 Å². The Balaban J connectivity index is 1.81. The summed E-state index contributed by atoms with van der Waals surface area (Å²) in [5, 5.41) is 0. The van der Waals surface area contributed by atoms with Crippen molar-refractivity contribution in [1.29, 1.82) is 0 Å². The number of hydrogen-bond donors (Lipinski definition) is 1. The van der Waals surface area contributed by atoms with Crippen molar-refractivity contribution in [1.82, 2.24) is 4.90 Å². The molecule has 0 aromatic carbocycles. The lowest BCUT2D eigenvalue weighted by Crippen LogP contribution is -2.61. The number of nitrogens with two attached hydrogens (primary N) is 1. The van der Waals surface area contributed by atoms with Crippen molar-refractivity contribution >= 4 is 0 Å². The zero-order valence-corrected chi connectivity index (χ0v) is 11.7. The molecule has 0 amide bonds. The molecule has 0 bridgehead atoms. The highest BCUT2D eigenvalue weighted by molar-refractivity contribution is 5.08. The van der Waals surface area contributed by atoms with Crippen LogP contribution in [0.3, 0.4) is 0 Å². The van der Waals surface area contributed by atoms with Gasteiger partial charge in [0.1, 0.15) is 0 Å². The summed E-state index contributed by atoms with van der Waals surface area (Å²) in [5.74, 6) is 1.74. The largest absolute Gasteiger partial charge is 0.383 e. The Labute approximate surface area is 111 Å². The van der Waals surface area contributed by atoms with Crippen LogP contribution < -0.4 is 5.73 Å². The van der Waals surface area contributed by atoms with Crippen molar-refractivity contribution in [3.63, 3.8) is 0 Å². The summed E-state index contributed by atoms with van der Waals surface area (Å²) in [6.07, 6.45) is 9.79. The predicted molar refractivity (Wildman–Crippen MR) is 73.5 cm³/mol. The Morgan fingerprint density at radius 1 is 1.17 bits per heavy atom. The molecule has 3 fully saturated rings. The van der Waals surface area contributed by atoms with Gasteiger partial charge in [-0.3, -0.25) is 4.90 Å². The Morgan fingerprint density at radius 2 is 1.94 bits per heavy atom. The van der Waals surface area contributed by atoms with Gasteiger partial charge in [0.05, 0.1) is 12.1 Å². The number of rotatable bonds is 5. The molecule has 104 valence electrons. The molecule has 1 aliphatic heterocycles. The average Bonchev–Trinajstić information content (AvgIpc) is 3.16. The van der Waals surface area contributed by atoms with Gasteiger partial charge in [-0.25, -0.2) is 0 Å². The number of methoxy groups -OCH3 is 1. The monoisotopic (exact) mass is 252 g/mol. The number of nitrogens with zero attached hydrogens (tertiary/aromatic N) is 1. The maximum absolute atomic E-state index is 6.21. The lowest BCUT2D eigenvalue weighted by Gasteiger charge is -2.46. The first-order valence-corrected chi connectivity index (χ1v) is 7.77. The smallest absolute Gasteiger partial charge is 0.0661 e. The molecule has 0 radical (unpaired) electrons. The van der Waals surface area contributed by atoms with Crippen LogP contribution in [0.4, 0.5) is 0 Å². The third kappa shape index (κ3) is 2.00. The first kappa shape index (κ1) is 12.9. The Bertz CT molecular complexity index is 292. The van der Waals surface area contributed by atoms with E-state index in [-0.39, 0.29) is 5.54 Å². The molecule has 0 spiro atoms. The second-order valence-corrected chi connectivity index (χ2v) is 6.61. The van der Waals surface area contributed by atoms with Crippen molar-refractivity contribution in [3.8, 4) is 0 Å². The zero-order valence-electron chi connectivity index (χ0n) is 11.7. The molecule has 2 aliphatic carbocycles. The van der Waals surface area contributed by atoms with Crippen LogP contribution >= 0.6 is 0 Å². The van der Waals surface area contributed by atoms with Gasteiger partial charge < -0.3 is 10.5 Å². The summed E-state index contributed by atoms with van der Waals surface area (Å²) in [6, 6.07) is 0.804. The van der Waals surface area contributed by atoms with Gasteiger partial charge in [0.2, 0.25) is 0 Å². The van der Waals surface area contributed by atoms with Crippen LogP contribution in [-0.2, 0) is 4.74 Å². The number of ether oxygens (including phenoxy) is 1. The quantitative estimate of drug-likeness (QED) is 0.813. The van der Waals surface area contributed by atoms with E-state index in [0.717, 1.165) is 31.0 Å². The maximum atomic E-state index is 6.21. The van der Waals surface area contributed by atoms with Crippen LogP contribution in [0.15, 0.2) is 0 Å². The van der Waals surface area contributed by atoms with Crippen LogP contribution in [0.25, 0.3) is 0 Å².